The molecule has 0 aliphatic rings. The molecule has 0 aliphatic carbocycles. The van der Waals surface area contributed by atoms with Gasteiger partial charge in [-0.15, -0.1) is 0 Å². The fraction of sp³-hybridized carbons (Fsp3) is 0.625. The first kappa shape index (κ1) is 28.6. The molecule has 0 saturated carbocycles. The maximum Gasteiger partial charge on any atom is 0.408 e. The second-order valence-electron chi connectivity index (χ2n) is 10.1. The highest BCUT2D eigenvalue weighted by molar-refractivity contribution is 7.80. The monoisotopic (exact) mass is 481 g/mol. The van der Waals surface area contributed by atoms with Crippen LogP contribution in [-0.4, -0.2) is 56.9 Å². The summed E-state index contributed by atoms with van der Waals surface area (Å²) in [7, 11) is 0. The number of benzene rings is 1. The van der Waals surface area contributed by atoms with Crippen molar-refractivity contribution < 1.29 is 24.2 Å². The van der Waals surface area contributed by atoms with E-state index in [4.69, 9.17) is 4.74 Å². The second-order valence-corrected chi connectivity index (χ2v) is 10.5. The van der Waals surface area contributed by atoms with E-state index in [0.717, 1.165) is 0 Å². The predicted octanol–water partition coefficient (Wildman–Crippen LogP) is 3.80. The summed E-state index contributed by atoms with van der Waals surface area (Å²) in [5.74, 6) is -0.867. The van der Waals surface area contributed by atoms with Crippen molar-refractivity contribution in [3.05, 3.63) is 29.8 Å². The molecule has 0 aliphatic heterocycles. The normalized spacial score (nSPS) is 14.6. The van der Waals surface area contributed by atoms with Gasteiger partial charge >= 0.3 is 6.09 Å². The molecule has 0 saturated heterocycles. The molecule has 33 heavy (non-hydrogen) atoms. The number of ether oxygens (including phenoxy) is 1. The quantitative estimate of drug-likeness (QED) is 0.423. The molecular formula is C24H39N3O5S. The van der Waals surface area contributed by atoms with E-state index >= 15 is 0 Å². The van der Waals surface area contributed by atoms with E-state index in [-0.39, 0.29) is 17.5 Å². The number of phenolic OH excluding ortho intramolecular Hbond substituents is 1. The Kier molecular flexibility index (Phi) is 10.1. The summed E-state index contributed by atoms with van der Waals surface area (Å²) in [5, 5.41) is 15.6. The summed E-state index contributed by atoms with van der Waals surface area (Å²) in [6.07, 6.45) is -0.178. The summed E-state index contributed by atoms with van der Waals surface area (Å²) in [6.45, 7) is 14.5. The number of thiol groups is 1. The van der Waals surface area contributed by atoms with Gasteiger partial charge < -0.3 is 25.4 Å². The molecule has 3 amide bonds. The first-order chi connectivity index (χ1) is 15.1. The van der Waals surface area contributed by atoms with Gasteiger partial charge in [-0.05, 0) is 72.6 Å². The van der Waals surface area contributed by atoms with Crippen LogP contribution in [0.25, 0.3) is 0 Å². The van der Waals surface area contributed by atoms with E-state index in [0.29, 0.717) is 12.0 Å². The van der Waals surface area contributed by atoms with Crippen LogP contribution in [0.4, 0.5) is 4.79 Å². The van der Waals surface area contributed by atoms with Crippen molar-refractivity contribution in [1.29, 1.82) is 0 Å². The standard InChI is InChI=1S/C24H39N3O5S/c1-9-15(2)27(21(30)18(14-33)25-22(31)32-24(6,7)8)19(20(29)26-23(3,4)5)16-11-10-12-17(28)13-16/h10-13,15,18-19,28,33H,9,14H2,1-8H3,(H,25,31)(H,26,29). The average molecular weight is 482 g/mol. The molecule has 1 aromatic rings. The van der Waals surface area contributed by atoms with Crippen molar-refractivity contribution in [3.8, 4) is 5.75 Å². The Hall–Kier alpha value is -2.42. The summed E-state index contributed by atoms with van der Waals surface area (Å²) < 4.78 is 5.29. The molecule has 0 fully saturated rings. The van der Waals surface area contributed by atoms with Gasteiger partial charge in [0.1, 0.15) is 23.4 Å². The number of carbonyl (C=O) groups excluding carboxylic acids is 3. The summed E-state index contributed by atoms with van der Waals surface area (Å²) in [4.78, 5) is 41.0. The van der Waals surface area contributed by atoms with Gasteiger partial charge in [0.15, 0.2) is 0 Å². The molecule has 3 N–H and O–H groups in total. The zero-order chi connectivity index (χ0) is 25.6. The van der Waals surface area contributed by atoms with E-state index in [1.165, 1.54) is 17.0 Å². The van der Waals surface area contributed by atoms with E-state index in [1.807, 2.05) is 34.6 Å². The Labute approximate surface area is 202 Å². The van der Waals surface area contributed by atoms with Gasteiger partial charge in [0.2, 0.25) is 11.8 Å². The van der Waals surface area contributed by atoms with Gasteiger partial charge in [-0.1, -0.05) is 19.1 Å². The van der Waals surface area contributed by atoms with Crippen LogP contribution in [0.15, 0.2) is 24.3 Å². The first-order valence-electron chi connectivity index (χ1n) is 11.1. The molecule has 3 atom stereocenters. The van der Waals surface area contributed by atoms with Gasteiger partial charge in [0, 0.05) is 17.3 Å². The topological polar surface area (TPSA) is 108 Å². The van der Waals surface area contributed by atoms with Crippen LogP contribution in [0, 0.1) is 0 Å². The van der Waals surface area contributed by atoms with Crippen molar-refractivity contribution in [2.45, 2.75) is 91.1 Å². The van der Waals surface area contributed by atoms with Crippen molar-refractivity contribution in [1.82, 2.24) is 15.5 Å². The van der Waals surface area contributed by atoms with Gasteiger partial charge in [0.05, 0.1) is 0 Å². The van der Waals surface area contributed by atoms with E-state index in [1.54, 1.807) is 32.9 Å². The number of phenols is 1. The van der Waals surface area contributed by atoms with Crippen molar-refractivity contribution in [3.63, 3.8) is 0 Å². The molecule has 0 aromatic heterocycles. The van der Waals surface area contributed by atoms with Gasteiger partial charge in [-0.3, -0.25) is 9.59 Å². The molecule has 3 unspecified atom stereocenters. The lowest BCUT2D eigenvalue weighted by atomic mass is 9.98. The van der Waals surface area contributed by atoms with Gasteiger partial charge in [-0.2, -0.15) is 12.6 Å². The number of alkyl carbamates (subject to hydrolysis) is 1. The highest BCUT2D eigenvalue weighted by Crippen LogP contribution is 2.29. The fourth-order valence-corrected chi connectivity index (χ4v) is 3.43. The minimum absolute atomic E-state index is 0.0126. The maximum absolute atomic E-state index is 13.7. The average Bonchev–Trinajstić information content (AvgIpc) is 2.66. The molecule has 8 nitrogen and oxygen atoms in total. The number of amides is 3. The van der Waals surface area contributed by atoms with Crippen molar-refractivity contribution >= 4 is 30.5 Å². The first-order valence-corrected chi connectivity index (χ1v) is 11.8. The lowest BCUT2D eigenvalue weighted by Crippen LogP contribution is -2.57. The Balaban J connectivity index is 3.46. The maximum atomic E-state index is 13.7. The lowest BCUT2D eigenvalue weighted by Gasteiger charge is -2.39. The molecule has 9 heteroatoms. The highest BCUT2D eigenvalue weighted by atomic mass is 32.1. The summed E-state index contributed by atoms with van der Waals surface area (Å²) in [5.41, 5.74) is -0.823. The zero-order valence-electron chi connectivity index (χ0n) is 20.9. The number of carbonyl (C=O) groups is 3. The summed E-state index contributed by atoms with van der Waals surface area (Å²) >= 11 is 4.27. The largest absolute Gasteiger partial charge is 0.508 e. The van der Waals surface area contributed by atoms with Crippen molar-refractivity contribution in [2.24, 2.45) is 0 Å². The lowest BCUT2D eigenvalue weighted by molar-refractivity contribution is -0.145. The van der Waals surface area contributed by atoms with Crippen LogP contribution < -0.4 is 10.6 Å². The van der Waals surface area contributed by atoms with Crippen LogP contribution in [0.2, 0.25) is 0 Å². The molecule has 1 rings (SSSR count). The number of nitrogens with zero attached hydrogens (tertiary/aromatic N) is 1. The molecule has 186 valence electrons. The Morgan fingerprint density at radius 2 is 1.76 bits per heavy atom. The Bertz CT molecular complexity index is 832. The van der Waals surface area contributed by atoms with Crippen LogP contribution in [0.5, 0.6) is 5.75 Å². The molecule has 0 heterocycles. The number of rotatable bonds is 8. The molecule has 0 spiro atoms. The number of nitrogens with one attached hydrogen (secondary N) is 2. The van der Waals surface area contributed by atoms with E-state index in [9.17, 15) is 19.5 Å². The molecular weight excluding hydrogens is 442 g/mol. The highest BCUT2D eigenvalue weighted by Gasteiger charge is 2.39. The third-order valence-electron chi connectivity index (χ3n) is 4.70. The molecule has 0 bridgehead atoms. The van der Waals surface area contributed by atoms with Gasteiger partial charge in [0.25, 0.3) is 0 Å². The SMILES string of the molecule is CCC(C)N(C(=O)C(CS)NC(=O)OC(C)(C)C)C(C(=O)NC(C)(C)C)c1cccc(O)c1. The van der Waals surface area contributed by atoms with Crippen LogP contribution in [-0.2, 0) is 14.3 Å². The number of hydrogen-bond donors (Lipinski definition) is 4. The Morgan fingerprint density at radius 3 is 2.21 bits per heavy atom. The van der Waals surface area contributed by atoms with Crippen LogP contribution in [0.3, 0.4) is 0 Å². The fourth-order valence-electron chi connectivity index (χ4n) is 3.18. The second kappa shape index (κ2) is 11.6. The minimum atomic E-state index is -1.03. The zero-order valence-corrected chi connectivity index (χ0v) is 21.8. The number of aromatic hydroxyl groups is 1. The third-order valence-corrected chi connectivity index (χ3v) is 5.07. The third kappa shape index (κ3) is 9.15. The molecule has 1 aromatic carbocycles. The van der Waals surface area contributed by atoms with Crippen molar-refractivity contribution in [2.75, 3.05) is 5.75 Å². The predicted molar refractivity (Wildman–Crippen MR) is 132 cm³/mol. The van der Waals surface area contributed by atoms with Gasteiger partial charge in [-0.25, -0.2) is 4.79 Å². The Morgan fingerprint density at radius 1 is 1.15 bits per heavy atom. The van der Waals surface area contributed by atoms with E-state index in [2.05, 4.69) is 23.3 Å². The molecule has 0 radical (unpaired) electrons. The minimum Gasteiger partial charge on any atom is -0.508 e. The van der Waals surface area contributed by atoms with Crippen LogP contribution >= 0.6 is 12.6 Å². The summed E-state index contributed by atoms with van der Waals surface area (Å²) in [6, 6.07) is 3.88. The number of hydrogen-bond acceptors (Lipinski definition) is 6. The smallest absolute Gasteiger partial charge is 0.408 e. The van der Waals surface area contributed by atoms with Crippen LogP contribution in [0.1, 0.15) is 73.4 Å². The van der Waals surface area contributed by atoms with E-state index < -0.39 is 41.1 Å².